The summed E-state index contributed by atoms with van der Waals surface area (Å²) in [5.41, 5.74) is 0. The number of ether oxygens (including phenoxy) is 1. The van der Waals surface area contributed by atoms with Crippen LogP contribution < -0.4 is 10.1 Å². The highest BCUT2D eigenvalue weighted by atomic mass is 32.2. The van der Waals surface area contributed by atoms with Crippen molar-refractivity contribution in [2.45, 2.75) is 36.8 Å². The number of rotatable bonds is 7. The Kier molecular flexibility index (Phi) is 6.65. The molecule has 1 aromatic carbocycles. The first-order chi connectivity index (χ1) is 8.65. The predicted molar refractivity (Wildman–Crippen MR) is 76.2 cm³/mol. The monoisotopic (exact) mass is 267 g/mol. The molecule has 1 N–H and O–H groups in total. The van der Waals surface area contributed by atoms with Crippen molar-refractivity contribution in [3.8, 4) is 5.75 Å². The standard InChI is InChI=1S/C14H21NO2S/c1-4-6-14(16)15-10-11(2)18-13-8-5-7-12(9-13)17-3/h5,7-9,11H,4,6,10H2,1-3H3,(H,15,16)/t11-/m1/s1. The number of hydrogen-bond donors (Lipinski definition) is 1. The molecular weight excluding hydrogens is 246 g/mol. The number of methoxy groups -OCH3 is 1. The average molecular weight is 267 g/mol. The molecule has 0 aliphatic heterocycles. The van der Waals surface area contributed by atoms with Gasteiger partial charge in [-0.1, -0.05) is 19.9 Å². The van der Waals surface area contributed by atoms with E-state index in [-0.39, 0.29) is 5.91 Å². The Bertz CT molecular complexity index is 382. The van der Waals surface area contributed by atoms with Crippen molar-refractivity contribution in [2.75, 3.05) is 13.7 Å². The molecule has 1 rings (SSSR count). The number of carbonyl (C=O) groups excluding carboxylic acids is 1. The Labute approximate surface area is 113 Å². The molecule has 100 valence electrons. The summed E-state index contributed by atoms with van der Waals surface area (Å²) in [4.78, 5) is 12.5. The fourth-order valence-corrected chi connectivity index (χ4v) is 2.49. The molecule has 0 aromatic heterocycles. The number of carbonyl (C=O) groups is 1. The van der Waals surface area contributed by atoms with Crippen molar-refractivity contribution in [1.82, 2.24) is 5.32 Å². The van der Waals surface area contributed by atoms with Crippen LogP contribution in [-0.2, 0) is 4.79 Å². The topological polar surface area (TPSA) is 38.3 Å². The molecule has 18 heavy (non-hydrogen) atoms. The summed E-state index contributed by atoms with van der Waals surface area (Å²) in [5.74, 6) is 0.998. The Morgan fingerprint density at radius 3 is 2.94 bits per heavy atom. The van der Waals surface area contributed by atoms with Gasteiger partial charge in [0.2, 0.25) is 5.91 Å². The maximum absolute atomic E-state index is 11.4. The van der Waals surface area contributed by atoms with Gasteiger partial charge in [-0.05, 0) is 24.6 Å². The highest BCUT2D eigenvalue weighted by Gasteiger charge is 2.07. The molecule has 0 radical (unpaired) electrons. The first kappa shape index (κ1) is 14.9. The summed E-state index contributed by atoms with van der Waals surface area (Å²) < 4.78 is 5.18. The third kappa shape index (κ3) is 5.45. The number of amides is 1. The van der Waals surface area contributed by atoms with Gasteiger partial charge in [0.1, 0.15) is 5.75 Å². The Balaban J connectivity index is 2.39. The molecule has 3 nitrogen and oxygen atoms in total. The Morgan fingerprint density at radius 2 is 2.28 bits per heavy atom. The van der Waals surface area contributed by atoms with Crippen LogP contribution in [0.3, 0.4) is 0 Å². The second-order valence-corrected chi connectivity index (χ2v) is 5.67. The van der Waals surface area contributed by atoms with Gasteiger partial charge in [-0.25, -0.2) is 0 Å². The molecule has 0 saturated heterocycles. The molecule has 0 bridgehead atoms. The Hall–Kier alpha value is -1.16. The maximum Gasteiger partial charge on any atom is 0.220 e. The minimum absolute atomic E-state index is 0.135. The van der Waals surface area contributed by atoms with Crippen LogP contribution in [0, 0.1) is 0 Å². The molecule has 0 saturated carbocycles. The molecule has 1 amide bonds. The van der Waals surface area contributed by atoms with Crippen molar-refractivity contribution in [3.63, 3.8) is 0 Å². The van der Waals surface area contributed by atoms with E-state index in [2.05, 4.69) is 18.3 Å². The number of thioether (sulfide) groups is 1. The van der Waals surface area contributed by atoms with E-state index >= 15 is 0 Å². The van der Waals surface area contributed by atoms with Crippen LogP contribution in [0.15, 0.2) is 29.2 Å². The quantitative estimate of drug-likeness (QED) is 0.772. The van der Waals surface area contributed by atoms with E-state index in [1.54, 1.807) is 18.9 Å². The van der Waals surface area contributed by atoms with Gasteiger partial charge < -0.3 is 10.1 Å². The molecule has 1 atom stereocenters. The Morgan fingerprint density at radius 1 is 1.50 bits per heavy atom. The fraction of sp³-hybridized carbons (Fsp3) is 0.500. The van der Waals surface area contributed by atoms with Gasteiger partial charge in [0.05, 0.1) is 7.11 Å². The van der Waals surface area contributed by atoms with E-state index in [4.69, 9.17) is 4.74 Å². The van der Waals surface area contributed by atoms with Gasteiger partial charge in [0.25, 0.3) is 0 Å². The van der Waals surface area contributed by atoms with Crippen molar-refractivity contribution >= 4 is 17.7 Å². The second-order valence-electron chi connectivity index (χ2n) is 4.16. The van der Waals surface area contributed by atoms with Crippen LogP contribution in [0.25, 0.3) is 0 Å². The molecule has 4 heteroatoms. The second kappa shape index (κ2) is 8.03. The third-order valence-electron chi connectivity index (χ3n) is 2.44. The fourth-order valence-electron chi connectivity index (χ4n) is 1.52. The summed E-state index contributed by atoms with van der Waals surface area (Å²) in [6, 6.07) is 7.97. The lowest BCUT2D eigenvalue weighted by Crippen LogP contribution is -2.28. The predicted octanol–water partition coefficient (Wildman–Crippen LogP) is 3.09. The van der Waals surface area contributed by atoms with E-state index < -0.39 is 0 Å². The van der Waals surface area contributed by atoms with Crippen LogP contribution in [0.1, 0.15) is 26.7 Å². The summed E-state index contributed by atoms with van der Waals surface area (Å²) >= 11 is 1.74. The summed E-state index contributed by atoms with van der Waals surface area (Å²) in [6.45, 7) is 4.81. The van der Waals surface area contributed by atoms with E-state index in [9.17, 15) is 4.79 Å². The lowest BCUT2D eigenvalue weighted by Gasteiger charge is -2.12. The van der Waals surface area contributed by atoms with Gasteiger partial charge in [0.15, 0.2) is 0 Å². The number of hydrogen-bond acceptors (Lipinski definition) is 3. The summed E-state index contributed by atoms with van der Waals surface area (Å²) in [6.07, 6.45) is 1.50. The highest BCUT2D eigenvalue weighted by Crippen LogP contribution is 2.26. The molecule has 1 aromatic rings. The van der Waals surface area contributed by atoms with Crippen LogP contribution in [0.4, 0.5) is 0 Å². The van der Waals surface area contributed by atoms with Crippen molar-refractivity contribution in [1.29, 1.82) is 0 Å². The SMILES string of the molecule is CCCC(=O)NC[C@@H](C)Sc1cccc(OC)c1. The molecule has 0 aliphatic carbocycles. The largest absolute Gasteiger partial charge is 0.497 e. The zero-order chi connectivity index (χ0) is 13.4. The number of benzene rings is 1. The van der Waals surface area contributed by atoms with Crippen LogP contribution >= 0.6 is 11.8 Å². The third-order valence-corrected chi connectivity index (χ3v) is 3.54. The number of nitrogens with one attached hydrogen (secondary N) is 1. The van der Waals surface area contributed by atoms with Crippen LogP contribution in [-0.4, -0.2) is 24.8 Å². The van der Waals surface area contributed by atoms with Crippen LogP contribution in [0.5, 0.6) is 5.75 Å². The van der Waals surface area contributed by atoms with Gasteiger partial charge in [-0.15, -0.1) is 11.8 Å². The average Bonchev–Trinajstić information content (AvgIpc) is 2.37. The molecular formula is C14H21NO2S. The van der Waals surface area contributed by atoms with E-state index in [0.29, 0.717) is 18.2 Å². The molecule has 0 spiro atoms. The smallest absolute Gasteiger partial charge is 0.220 e. The molecule has 0 fully saturated rings. The first-order valence-electron chi connectivity index (χ1n) is 6.23. The zero-order valence-electron chi connectivity index (χ0n) is 11.2. The lowest BCUT2D eigenvalue weighted by atomic mass is 10.3. The first-order valence-corrected chi connectivity index (χ1v) is 7.11. The van der Waals surface area contributed by atoms with Gasteiger partial charge in [-0.2, -0.15) is 0 Å². The van der Waals surface area contributed by atoms with E-state index in [0.717, 1.165) is 17.1 Å². The molecule has 0 aliphatic rings. The van der Waals surface area contributed by atoms with Gasteiger partial charge in [0, 0.05) is 23.1 Å². The lowest BCUT2D eigenvalue weighted by molar-refractivity contribution is -0.121. The zero-order valence-corrected chi connectivity index (χ0v) is 12.0. The summed E-state index contributed by atoms with van der Waals surface area (Å²) in [7, 11) is 1.66. The van der Waals surface area contributed by atoms with Crippen molar-refractivity contribution in [3.05, 3.63) is 24.3 Å². The van der Waals surface area contributed by atoms with Gasteiger partial charge >= 0.3 is 0 Å². The molecule has 0 heterocycles. The minimum Gasteiger partial charge on any atom is -0.497 e. The molecule has 0 unspecified atom stereocenters. The van der Waals surface area contributed by atoms with Gasteiger partial charge in [-0.3, -0.25) is 4.79 Å². The van der Waals surface area contributed by atoms with Crippen molar-refractivity contribution < 1.29 is 9.53 Å². The minimum atomic E-state index is 0.135. The van der Waals surface area contributed by atoms with Crippen LogP contribution in [0.2, 0.25) is 0 Å². The highest BCUT2D eigenvalue weighted by molar-refractivity contribution is 8.00. The maximum atomic E-state index is 11.4. The van der Waals surface area contributed by atoms with E-state index in [1.165, 1.54) is 0 Å². The summed E-state index contributed by atoms with van der Waals surface area (Å²) in [5, 5.41) is 3.29. The van der Waals surface area contributed by atoms with E-state index in [1.807, 2.05) is 25.1 Å². The van der Waals surface area contributed by atoms with Crippen molar-refractivity contribution in [2.24, 2.45) is 0 Å². The normalized spacial score (nSPS) is 11.9.